The molecule has 4 aromatic carbocycles. The zero-order valence-corrected chi connectivity index (χ0v) is 19.5. The summed E-state index contributed by atoms with van der Waals surface area (Å²) in [6, 6.07) is 42.0. The molecular formula is C33H21N3. The molecule has 7 rings (SSSR count). The van der Waals surface area contributed by atoms with Gasteiger partial charge in [-0.3, -0.25) is 4.98 Å². The van der Waals surface area contributed by atoms with Crippen LogP contribution in [0.5, 0.6) is 0 Å². The Balaban J connectivity index is 1.32. The molecule has 0 N–H and O–H groups in total. The van der Waals surface area contributed by atoms with E-state index in [9.17, 15) is 0 Å². The van der Waals surface area contributed by atoms with E-state index in [-0.39, 0.29) is 0 Å². The highest BCUT2D eigenvalue weighted by molar-refractivity contribution is 5.96. The topological polar surface area (TPSA) is 38.7 Å². The first-order chi connectivity index (χ1) is 17.8. The Morgan fingerprint density at radius 1 is 0.417 bits per heavy atom. The van der Waals surface area contributed by atoms with Crippen LogP contribution in [0, 0.1) is 0 Å². The normalized spacial score (nSPS) is 11.3. The van der Waals surface area contributed by atoms with Crippen LogP contribution in [-0.4, -0.2) is 15.0 Å². The second kappa shape index (κ2) is 8.40. The van der Waals surface area contributed by atoms with E-state index in [1.165, 1.54) is 0 Å². The van der Waals surface area contributed by atoms with Crippen LogP contribution >= 0.6 is 0 Å². The van der Waals surface area contributed by atoms with E-state index >= 15 is 0 Å². The largest absolute Gasteiger partial charge is 0.256 e. The smallest absolute Gasteiger partial charge is 0.0716 e. The highest BCUT2D eigenvalue weighted by atomic mass is 14.7. The van der Waals surface area contributed by atoms with E-state index in [1.54, 1.807) is 0 Å². The third-order valence-electron chi connectivity index (χ3n) is 6.71. The van der Waals surface area contributed by atoms with Crippen molar-refractivity contribution < 1.29 is 0 Å². The average molecular weight is 460 g/mol. The fourth-order valence-electron chi connectivity index (χ4n) is 4.84. The van der Waals surface area contributed by atoms with E-state index in [1.807, 2.05) is 42.6 Å². The van der Waals surface area contributed by atoms with Crippen molar-refractivity contribution in [2.45, 2.75) is 0 Å². The standard InChI is InChI=1S/C33H21N3/c1-2-6-22(7-3-1)29-17-15-23-11-13-25(20-32(23)35-29)26-14-12-24-16-18-31(36-33(24)21-26)28-8-4-10-30-27(28)9-5-19-34-30/h1-21H. The van der Waals surface area contributed by atoms with Crippen molar-refractivity contribution in [3.8, 4) is 33.6 Å². The summed E-state index contributed by atoms with van der Waals surface area (Å²) >= 11 is 0. The minimum absolute atomic E-state index is 0.950. The lowest BCUT2D eigenvalue weighted by Gasteiger charge is -2.09. The van der Waals surface area contributed by atoms with E-state index in [2.05, 4.69) is 89.9 Å². The zero-order valence-electron chi connectivity index (χ0n) is 19.5. The summed E-state index contributed by atoms with van der Waals surface area (Å²) in [7, 11) is 0. The molecule has 0 saturated heterocycles. The highest BCUT2D eigenvalue weighted by Crippen LogP contribution is 2.31. The molecule has 0 atom stereocenters. The maximum absolute atomic E-state index is 5.05. The minimum atomic E-state index is 0.950. The van der Waals surface area contributed by atoms with Gasteiger partial charge in [0.1, 0.15) is 0 Å². The summed E-state index contributed by atoms with van der Waals surface area (Å²) in [6.45, 7) is 0. The monoisotopic (exact) mass is 459 g/mol. The zero-order chi connectivity index (χ0) is 23.9. The predicted molar refractivity (Wildman–Crippen MR) is 149 cm³/mol. The van der Waals surface area contributed by atoms with Gasteiger partial charge in [-0.25, -0.2) is 9.97 Å². The van der Waals surface area contributed by atoms with Gasteiger partial charge in [0.05, 0.1) is 27.9 Å². The number of nitrogens with zero attached hydrogens (tertiary/aromatic N) is 3. The van der Waals surface area contributed by atoms with E-state index in [0.717, 1.165) is 66.4 Å². The van der Waals surface area contributed by atoms with Gasteiger partial charge in [-0.2, -0.15) is 0 Å². The van der Waals surface area contributed by atoms with Gasteiger partial charge in [0, 0.05) is 33.5 Å². The Morgan fingerprint density at radius 3 is 1.83 bits per heavy atom. The number of pyridine rings is 3. The Morgan fingerprint density at radius 2 is 1.08 bits per heavy atom. The molecule has 0 spiro atoms. The summed E-state index contributed by atoms with van der Waals surface area (Å²) in [4.78, 5) is 14.5. The van der Waals surface area contributed by atoms with Gasteiger partial charge < -0.3 is 0 Å². The molecule has 0 saturated carbocycles. The van der Waals surface area contributed by atoms with Crippen molar-refractivity contribution >= 4 is 32.7 Å². The van der Waals surface area contributed by atoms with Crippen LogP contribution in [-0.2, 0) is 0 Å². The quantitative estimate of drug-likeness (QED) is 0.267. The van der Waals surface area contributed by atoms with Crippen molar-refractivity contribution in [3.05, 3.63) is 128 Å². The Hall–Kier alpha value is -4.89. The van der Waals surface area contributed by atoms with Gasteiger partial charge in [0.2, 0.25) is 0 Å². The Bertz CT molecular complexity index is 1890. The van der Waals surface area contributed by atoms with Gasteiger partial charge in [0.15, 0.2) is 0 Å². The summed E-state index contributed by atoms with van der Waals surface area (Å²) in [5, 5.41) is 3.35. The molecular weight excluding hydrogens is 438 g/mol. The molecule has 168 valence electrons. The molecule has 0 unspecified atom stereocenters. The number of hydrogen-bond donors (Lipinski definition) is 0. The summed E-state index contributed by atoms with van der Waals surface area (Å²) < 4.78 is 0. The molecule has 3 nitrogen and oxygen atoms in total. The first kappa shape index (κ1) is 20.5. The molecule has 0 aliphatic rings. The Kier molecular flexibility index (Phi) is 4.78. The molecule has 0 amide bonds. The fraction of sp³-hybridized carbons (Fsp3) is 0. The molecule has 0 bridgehead atoms. The van der Waals surface area contributed by atoms with Gasteiger partial charge >= 0.3 is 0 Å². The average Bonchev–Trinajstić information content (AvgIpc) is 2.96. The molecule has 3 aromatic heterocycles. The molecule has 3 heteroatoms. The van der Waals surface area contributed by atoms with Crippen LogP contribution in [0.3, 0.4) is 0 Å². The van der Waals surface area contributed by atoms with Gasteiger partial charge in [-0.15, -0.1) is 0 Å². The lowest BCUT2D eigenvalue weighted by atomic mass is 10.0. The van der Waals surface area contributed by atoms with Gasteiger partial charge in [-0.05, 0) is 47.5 Å². The van der Waals surface area contributed by atoms with Crippen molar-refractivity contribution in [3.63, 3.8) is 0 Å². The molecule has 0 aliphatic carbocycles. The van der Waals surface area contributed by atoms with Crippen LogP contribution < -0.4 is 0 Å². The van der Waals surface area contributed by atoms with E-state index < -0.39 is 0 Å². The molecule has 7 aromatic rings. The maximum Gasteiger partial charge on any atom is 0.0716 e. The number of fused-ring (bicyclic) bond motifs is 3. The molecule has 3 heterocycles. The number of aromatic nitrogens is 3. The number of rotatable bonds is 3. The molecule has 36 heavy (non-hydrogen) atoms. The number of benzene rings is 4. The molecule has 0 aliphatic heterocycles. The second-order valence-corrected chi connectivity index (χ2v) is 8.95. The van der Waals surface area contributed by atoms with Crippen molar-refractivity contribution in [1.82, 2.24) is 15.0 Å². The van der Waals surface area contributed by atoms with Crippen LogP contribution in [0.15, 0.2) is 128 Å². The summed E-state index contributed by atoms with van der Waals surface area (Å²) in [5.74, 6) is 0. The lowest BCUT2D eigenvalue weighted by molar-refractivity contribution is 1.38. The van der Waals surface area contributed by atoms with Crippen LogP contribution in [0.25, 0.3) is 66.4 Å². The summed E-state index contributed by atoms with van der Waals surface area (Å²) in [5.41, 5.74) is 9.33. The molecule has 0 radical (unpaired) electrons. The predicted octanol–water partition coefficient (Wildman–Crippen LogP) is 8.33. The summed E-state index contributed by atoms with van der Waals surface area (Å²) in [6.07, 6.45) is 1.83. The first-order valence-electron chi connectivity index (χ1n) is 12.0. The van der Waals surface area contributed by atoms with Crippen molar-refractivity contribution in [2.75, 3.05) is 0 Å². The Labute approximate surface area is 208 Å². The van der Waals surface area contributed by atoms with E-state index in [4.69, 9.17) is 9.97 Å². The van der Waals surface area contributed by atoms with Gasteiger partial charge in [0.25, 0.3) is 0 Å². The van der Waals surface area contributed by atoms with Crippen LogP contribution in [0.1, 0.15) is 0 Å². The van der Waals surface area contributed by atoms with E-state index in [0.29, 0.717) is 0 Å². The van der Waals surface area contributed by atoms with Crippen molar-refractivity contribution in [1.29, 1.82) is 0 Å². The van der Waals surface area contributed by atoms with Gasteiger partial charge in [-0.1, -0.05) is 84.9 Å². The lowest BCUT2D eigenvalue weighted by Crippen LogP contribution is -1.89. The van der Waals surface area contributed by atoms with Crippen LogP contribution in [0.2, 0.25) is 0 Å². The molecule has 0 fully saturated rings. The van der Waals surface area contributed by atoms with Crippen LogP contribution in [0.4, 0.5) is 0 Å². The third kappa shape index (κ3) is 3.58. The second-order valence-electron chi connectivity index (χ2n) is 8.95. The third-order valence-corrected chi connectivity index (χ3v) is 6.71. The SMILES string of the molecule is c1ccc(-c2ccc3ccc(-c4ccc5ccc(-c6cccc7ncccc67)nc5c4)cc3n2)cc1. The fourth-order valence-corrected chi connectivity index (χ4v) is 4.84. The minimum Gasteiger partial charge on any atom is -0.256 e. The maximum atomic E-state index is 5.05. The highest BCUT2D eigenvalue weighted by Gasteiger charge is 2.09. The first-order valence-corrected chi connectivity index (χ1v) is 12.0. The number of hydrogen-bond acceptors (Lipinski definition) is 3. The van der Waals surface area contributed by atoms with Crippen molar-refractivity contribution in [2.24, 2.45) is 0 Å².